The number of rotatable bonds is 7. The zero-order valence-electron chi connectivity index (χ0n) is 14.3. The maximum atomic E-state index is 2.25. The summed E-state index contributed by atoms with van der Waals surface area (Å²) in [6.45, 7) is 13.0. The van der Waals surface area contributed by atoms with Gasteiger partial charge < -0.3 is 0 Å². The summed E-state index contributed by atoms with van der Waals surface area (Å²) >= 11 is 0. The van der Waals surface area contributed by atoms with Crippen LogP contribution >= 0.6 is 0 Å². The average Bonchev–Trinajstić information content (AvgIpc) is 2.91. The van der Waals surface area contributed by atoms with Gasteiger partial charge in [0.05, 0.1) is 0 Å². The highest BCUT2D eigenvalue weighted by atomic mass is 14.0. The van der Waals surface area contributed by atoms with Crippen LogP contribution in [0.25, 0.3) is 0 Å². The van der Waals surface area contributed by atoms with Gasteiger partial charge in [-0.05, 0) is 18.8 Å². The molecule has 0 aromatic heterocycles. The molecule has 1 aliphatic rings. The van der Waals surface area contributed by atoms with Gasteiger partial charge in [-0.1, -0.05) is 97.4 Å². The molecule has 0 aliphatic heterocycles. The van der Waals surface area contributed by atoms with E-state index in [0.29, 0.717) is 0 Å². The topological polar surface area (TPSA) is 0 Å². The Labute approximate surface area is 123 Å². The molecule has 0 saturated heterocycles. The van der Waals surface area contributed by atoms with Crippen LogP contribution in [0.1, 0.15) is 86.5 Å². The molecule has 0 heterocycles. The molecule has 0 nitrogen and oxygen atoms in total. The summed E-state index contributed by atoms with van der Waals surface area (Å²) in [6.07, 6.45) is 18.1. The van der Waals surface area contributed by atoms with Crippen LogP contribution in [0.2, 0.25) is 0 Å². The molecule has 0 aromatic rings. The van der Waals surface area contributed by atoms with Gasteiger partial charge in [0, 0.05) is 6.42 Å². The fourth-order valence-corrected chi connectivity index (χ4v) is 1.91. The van der Waals surface area contributed by atoms with E-state index >= 15 is 0 Å². The first-order valence-corrected chi connectivity index (χ1v) is 8.41. The van der Waals surface area contributed by atoms with E-state index in [1.165, 1.54) is 50.5 Å². The number of allylic oxidation sites excluding steroid dienone is 4. The Hall–Kier alpha value is -0.520. The number of unbranched alkanes of at least 4 members (excludes halogenated alkanes) is 3. The van der Waals surface area contributed by atoms with Gasteiger partial charge in [-0.3, -0.25) is 0 Å². The Bertz CT molecular complexity index is 208. The molecule has 0 unspecified atom stereocenters. The quantitative estimate of drug-likeness (QED) is 0.430. The Kier molecular flexibility index (Phi) is 19.1. The summed E-state index contributed by atoms with van der Waals surface area (Å²) in [7, 11) is 0. The van der Waals surface area contributed by atoms with Crippen LogP contribution in [0, 0.1) is 12.3 Å². The lowest BCUT2D eigenvalue weighted by Gasteiger charge is -1.99. The van der Waals surface area contributed by atoms with Gasteiger partial charge in [0.1, 0.15) is 0 Å². The van der Waals surface area contributed by atoms with Crippen LogP contribution < -0.4 is 0 Å². The van der Waals surface area contributed by atoms with Gasteiger partial charge in [0.25, 0.3) is 0 Å². The molecule has 0 heteroatoms. The standard InChI is InChI=1S/C11H17.C6H14.C2H6/c1-2-3-4-5-8-11-9-6-7-10-11;1-4-5-6(2)3;1-2/h6-7,9-10H,2-5,8H2,1H3;6H,4-5H2,1-3H3;1-2H3. The normalized spacial score (nSPS) is 12.5. The van der Waals surface area contributed by atoms with E-state index in [-0.39, 0.29) is 0 Å². The molecule has 0 saturated carbocycles. The summed E-state index contributed by atoms with van der Waals surface area (Å²) in [5.41, 5.74) is 1.50. The van der Waals surface area contributed by atoms with Crippen LogP contribution in [0.15, 0.2) is 23.8 Å². The maximum absolute atomic E-state index is 2.25. The molecule has 113 valence electrons. The van der Waals surface area contributed by atoms with Crippen molar-refractivity contribution in [2.24, 2.45) is 5.92 Å². The number of hydrogen-bond donors (Lipinski definition) is 0. The van der Waals surface area contributed by atoms with Gasteiger partial charge in [-0.25, -0.2) is 0 Å². The molecule has 1 rings (SSSR count). The number of hydrogen-bond acceptors (Lipinski definition) is 0. The Balaban J connectivity index is 0. The minimum absolute atomic E-state index is 0.898. The Morgan fingerprint density at radius 2 is 1.58 bits per heavy atom. The Morgan fingerprint density at radius 1 is 0.895 bits per heavy atom. The van der Waals surface area contributed by atoms with E-state index < -0.39 is 0 Å². The third-order valence-electron chi connectivity index (χ3n) is 2.92. The summed E-state index contributed by atoms with van der Waals surface area (Å²) in [6, 6.07) is 0. The lowest BCUT2D eigenvalue weighted by molar-refractivity contribution is 0.576. The smallest absolute Gasteiger partial charge is 0.00834 e. The van der Waals surface area contributed by atoms with E-state index in [1.807, 2.05) is 13.8 Å². The zero-order chi connectivity index (χ0) is 14.9. The highest BCUT2D eigenvalue weighted by Crippen LogP contribution is 2.16. The van der Waals surface area contributed by atoms with Crippen LogP contribution in [0.4, 0.5) is 0 Å². The van der Waals surface area contributed by atoms with Crippen molar-refractivity contribution >= 4 is 0 Å². The third-order valence-corrected chi connectivity index (χ3v) is 2.92. The Morgan fingerprint density at radius 3 is 1.95 bits per heavy atom. The average molecular weight is 266 g/mol. The monoisotopic (exact) mass is 265 g/mol. The van der Waals surface area contributed by atoms with Gasteiger partial charge in [-0.15, -0.1) is 0 Å². The second-order valence-corrected chi connectivity index (χ2v) is 5.29. The summed E-state index contributed by atoms with van der Waals surface area (Å²) in [4.78, 5) is 0. The molecule has 0 bridgehead atoms. The summed E-state index contributed by atoms with van der Waals surface area (Å²) < 4.78 is 0. The highest BCUT2D eigenvalue weighted by Gasteiger charge is 1.98. The predicted octanol–water partition coefficient (Wildman–Crippen LogP) is 7.13. The van der Waals surface area contributed by atoms with Crippen molar-refractivity contribution in [1.82, 2.24) is 0 Å². The highest BCUT2D eigenvalue weighted by molar-refractivity contribution is 5.33. The molecular weight excluding hydrogens is 228 g/mol. The maximum Gasteiger partial charge on any atom is 0.00834 e. The molecule has 0 atom stereocenters. The van der Waals surface area contributed by atoms with Gasteiger partial charge in [0.2, 0.25) is 0 Å². The first-order chi connectivity index (χ1) is 9.20. The van der Waals surface area contributed by atoms with E-state index in [0.717, 1.165) is 5.92 Å². The van der Waals surface area contributed by atoms with E-state index in [1.54, 1.807) is 0 Å². The minimum Gasteiger partial charge on any atom is -0.0764 e. The fraction of sp³-hybridized carbons (Fsp3) is 0.737. The molecule has 0 spiro atoms. The van der Waals surface area contributed by atoms with Crippen molar-refractivity contribution in [2.45, 2.75) is 86.5 Å². The summed E-state index contributed by atoms with van der Waals surface area (Å²) in [5.74, 6) is 0.898. The van der Waals surface area contributed by atoms with Crippen molar-refractivity contribution < 1.29 is 0 Å². The summed E-state index contributed by atoms with van der Waals surface area (Å²) in [5, 5.41) is 0. The predicted molar refractivity (Wildman–Crippen MR) is 91.4 cm³/mol. The first-order valence-electron chi connectivity index (χ1n) is 8.41. The van der Waals surface area contributed by atoms with Crippen molar-refractivity contribution in [3.8, 4) is 0 Å². The molecule has 19 heavy (non-hydrogen) atoms. The molecule has 0 amide bonds. The SMILES string of the molecule is CC.CCCC(C)C.CCCCCCC1=CC=C[CH]1. The molecule has 1 radical (unpaired) electrons. The van der Waals surface area contributed by atoms with E-state index in [2.05, 4.69) is 52.3 Å². The van der Waals surface area contributed by atoms with Crippen molar-refractivity contribution in [1.29, 1.82) is 0 Å². The molecule has 0 fully saturated rings. The second-order valence-electron chi connectivity index (χ2n) is 5.29. The lowest BCUT2D eigenvalue weighted by atomic mass is 10.1. The third kappa shape index (κ3) is 17.5. The van der Waals surface area contributed by atoms with Crippen LogP contribution in [-0.4, -0.2) is 0 Å². The van der Waals surface area contributed by atoms with Crippen LogP contribution in [-0.2, 0) is 0 Å². The molecule has 0 N–H and O–H groups in total. The van der Waals surface area contributed by atoms with Crippen LogP contribution in [0.5, 0.6) is 0 Å². The second kappa shape index (κ2) is 17.5. The molecule has 0 aromatic carbocycles. The van der Waals surface area contributed by atoms with Crippen molar-refractivity contribution in [3.05, 3.63) is 30.2 Å². The fourth-order valence-electron chi connectivity index (χ4n) is 1.91. The lowest BCUT2D eigenvalue weighted by Crippen LogP contribution is -1.81. The molecular formula is C19H37. The minimum atomic E-state index is 0.898. The zero-order valence-corrected chi connectivity index (χ0v) is 14.3. The van der Waals surface area contributed by atoms with Gasteiger partial charge in [-0.2, -0.15) is 0 Å². The van der Waals surface area contributed by atoms with Gasteiger partial charge >= 0.3 is 0 Å². The van der Waals surface area contributed by atoms with Crippen molar-refractivity contribution in [2.75, 3.05) is 0 Å². The largest absolute Gasteiger partial charge is 0.0764 e. The van der Waals surface area contributed by atoms with Gasteiger partial charge in [0.15, 0.2) is 0 Å². The van der Waals surface area contributed by atoms with E-state index in [9.17, 15) is 0 Å². The van der Waals surface area contributed by atoms with Crippen molar-refractivity contribution in [3.63, 3.8) is 0 Å². The molecule has 1 aliphatic carbocycles. The first kappa shape index (κ1) is 20.8. The van der Waals surface area contributed by atoms with Crippen LogP contribution in [0.3, 0.4) is 0 Å². The van der Waals surface area contributed by atoms with E-state index in [4.69, 9.17) is 0 Å².